The SMILES string of the molecule is Cc1cc(Br)cc(NCc2cc(Cl)cc3c2OCC3)c1. The monoisotopic (exact) mass is 351 g/mol. The Hall–Kier alpha value is -1.19. The second-order valence-electron chi connectivity index (χ2n) is 5.02. The normalized spacial score (nSPS) is 12.9. The lowest BCUT2D eigenvalue weighted by molar-refractivity contribution is 0.354. The quantitative estimate of drug-likeness (QED) is 0.843. The van der Waals surface area contributed by atoms with Gasteiger partial charge in [-0.25, -0.2) is 0 Å². The second-order valence-corrected chi connectivity index (χ2v) is 6.37. The minimum absolute atomic E-state index is 0.707. The number of anilines is 1. The van der Waals surface area contributed by atoms with E-state index in [9.17, 15) is 0 Å². The molecule has 2 aromatic carbocycles. The first-order valence-corrected chi connectivity index (χ1v) is 7.74. The molecular weight excluding hydrogens is 338 g/mol. The Morgan fingerprint density at radius 1 is 1.25 bits per heavy atom. The molecule has 1 N–H and O–H groups in total. The van der Waals surface area contributed by atoms with Gasteiger partial charge >= 0.3 is 0 Å². The topological polar surface area (TPSA) is 21.3 Å². The zero-order valence-corrected chi connectivity index (χ0v) is 13.5. The molecule has 0 fully saturated rings. The highest BCUT2D eigenvalue weighted by atomic mass is 79.9. The summed E-state index contributed by atoms with van der Waals surface area (Å²) < 4.78 is 6.79. The second kappa shape index (κ2) is 5.66. The molecule has 0 unspecified atom stereocenters. The smallest absolute Gasteiger partial charge is 0.127 e. The molecule has 104 valence electrons. The summed E-state index contributed by atoms with van der Waals surface area (Å²) in [5, 5.41) is 4.21. The van der Waals surface area contributed by atoms with Crippen molar-refractivity contribution in [1.29, 1.82) is 0 Å². The maximum atomic E-state index is 6.17. The molecule has 0 spiro atoms. The van der Waals surface area contributed by atoms with Crippen molar-refractivity contribution in [3.63, 3.8) is 0 Å². The maximum Gasteiger partial charge on any atom is 0.127 e. The molecule has 20 heavy (non-hydrogen) atoms. The fourth-order valence-corrected chi connectivity index (χ4v) is 3.38. The first kappa shape index (κ1) is 13.8. The maximum absolute atomic E-state index is 6.17. The number of aryl methyl sites for hydroxylation is 1. The first-order chi connectivity index (χ1) is 9.61. The molecule has 3 rings (SSSR count). The van der Waals surface area contributed by atoms with Gasteiger partial charge in [0.25, 0.3) is 0 Å². The van der Waals surface area contributed by atoms with E-state index in [1.165, 1.54) is 11.1 Å². The highest BCUT2D eigenvalue weighted by Crippen LogP contribution is 2.33. The van der Waals surface area contributed by atoms with E-state index in [1.807, 2.05) is 12.1 Å². The van der Waals surface area contributed by atoms with E-state index >= 15 is 0 Å². The summed E-state index contributed by atoms with van der Waals surface area (Å²) in [5.74, 6) is 0.994. The third-order valence-corrected chi connectivity index (χ3v) is 4.03. The number of nitrogens with one attached hydrogen (secondary N) is 1. The number of hydrogen-bond donors (Lipinski definition) is 1. The van der Waals surface area contributed by atoms with E-state index in [4.69, 9.17) is 16.3 Å². The van der Waals surface area contributed by atoms with Crippen molar-refractivity contribution >= 4 is 33.2 Å². The molecule has 2 aromatic rings. The van der Waals surface area contributed by atoms with Crippen LogP contribution in [0.4, 0.5) is 5.69 Å². The van der Waals surface area contributed by atoms with Crippen LogP contribution in [-0.4, -0.2) is 6.61 Å². The minimum atomic E-state index is 0.707. The molecule has 0 aliphatic carbocycles. The first-order valence-electron chi connectivity index (χ1n) is 6.57. The molecule has 0 amide bonds. The average molecular weight is 353 g/mol. The van der Waals surface area contributed by atoms with E-state index < -0.39 is 0 Å². The lowest BCUT2D eigenvalue weighted by Gasteiger charge is -2.12. The van der Waals surface area contributed by atoms with Gasteiger partial charge in [0, 0.05) is 33.7 Å². The van der Waals surface area contributed by atoms with Crippen LogP contribution in [0.2, 0.25) is 5.02 Å². The van der Waals surface area contributed by atoms with Gasteiger partial charge in [0.15, 0.2) is 0 Å². The van der Waals surface area contributed by atoms with Crippen molar-refractivity contribution in [1.82, 2.24) is 0 Å². The van der Waals surface area contributed by atoms with Crippen LogP contribution in [0.1, 0.15) is 16.7 Å². The van der Waals surface area contributed by atoms with Gasteiger partial charge in [-0.2, -0.15) is 0 Å². The molecule has 1 aliphatic heterocycles. The number of ether oxygens (including phenoxy) is 1. The molecule has 1 aliphatic rings. The van der Waals surface area contributed by atoms with Crippen molar-refractivity contribution in [3.8, 4) is 5.75 Å². The minimum Gasteiger partial charge on any atom is -0.493 e. The standard InChI is InChI=1S/C16H15BrClNO/c1-10-4-13(17)8-15(5-10)19-9-12-7-14(18)6-11-2-3-20-16(11)12/h4-8,19H,2-3,9H2,1H3. The molecule has 0 radical (unpaired) electrons. The van der Waals surface area contributed by atoms with Gasteiger partial charge < -0.3 is 10.1 Å². The molecule has 0 bridgehead atoms. The summed E-state index contributed by atoms with van der Waals surface area (Å²) in [5.41, 5.74) is 4.63. The van der Waals surface area contributed by atoms with Gasteiger partial charge in [-0.05, 0) is 48.4 Å². The van der Waals surface area contributed by atoms with Crippen LogP contribution < -0.4 is 10.1 Å². The van der Waals surface area contributed by atoms with Crippen LogP contribution >= 0.6 is 27.5 Å². The van der Waals surface area contributed by atoms with Gasteiger partial charge in [0.05, 0.1) is 6.61 Å². The van der Waals surface area contributed by atoms with E-state index in [0.29, 0.717) is 6.54 Å². The zero-order valence-electron chi connectivity index (χ0n) is 11.2. The third kappa shape index (κ3) is 2.94. The van der Waals surface area contributed by atoms with Crippen LogP contribution in [0.15, 0.2) is 34.8 Å². The Labute approximate surface area is 132 Å². The zero-order chi connectivity index (χ0) is 14.1. The molecule has 4 heteroatoms. The third-order valence-electron chi connectivity index (χ3n) is 3.35. The van der Waals surface area contributed by atoms with Gasteiger partial charge in [0.2, 0.25) is 0 Å². The predicted octanol–water partition coefficient (Wildman–Crippen LogP) is 4.96. The summed E-state index contributed by atoms with van der Waals surface area (Å²) in [6.07, 6.45) is 0.943. The van der Waals surface area contributed by atoms with Crippen molar-refractivity contribution < 1.29 is 4.74 Å². The predicted molar refractivity (Wildman–Crippen MR) is 86.9 cm³/mol. The number of halogens is 2. The van der Waals surface area contributed by atoms with Crippen LogP contribution in [-0.2, 0) is 13.0 Å². The van der Waals surface area contributed by atoms with Crippen LogP contribution in [0, 0.1) is 6.92 Å². The fourth-order valence-electron chi connectivity index (χ4n) is 2.51. The van der Waals surface area contributed by atoms with Crippen molar-refractivity contribution in [2.24, 2.45) is 0 Å². The number of hydrogen-bond acceptors (Lipinski definition) is 2. The number of rotatable bonds is 3. The summed E-state index contributed by atoms with van der Waals surface area (Å²) >= 11 is 9.68. The van der Waals surface area contributed by atoms with Crippen LogP contribution in [0.25, 0.3) is 0 Å². The Morgan fingerprint density at radius 2 is 2.10 bits per heavy atom. The number of fused-ring (bicyclic) bond motifs is 1. The van der Waals surface area contributed by atoms with Crippen LogP contribution in [0.5, 0.6) is 5.75 Å². The molecule has 0 atom stereocenters. The van der Waals surface area contributed by atoms with Gasteiger partial charge in [-0.15, -0.1) is 0 Å². The van der Waals surface area contributed by atoms with Gasteiger partial charge in [0.1, 0.15) is 5.75 Å². The average Bonchev–Trinajstić information content (AvgIpc) is 2.82. The van der Waals surface area contributed by atoms with E-state index in [2.05, 4.69) is 46.4 Å². The van der Waals surface area contributed by atoms with Crippen molar-refractivity contribution in [2.45, 2.75) is 19.9 Å². The van der Waals surface area contributed by atoms with E-state index in [0.717, 1.165) is 39.5 Å². The molecule has 0 saturated carbocycles. The van der Waals surface area contributed by atoms with Crippen LogP contribution in [0.3, 0.4) is 0 Å². The summed E-state index contributed by atoms with van der Waals surface area (Å²) in [4.78, 5) is 0. The van der Waals surface area contributed by atoms with Gasteiger partial charge in [-0.1, -0.05) is 27.5 Å². The lowest BCUT2D eigenvalue weighted by Crippen LogP contribution is -2.02. The highest BCUT2D eigenvalue weighted by Gasteiger charge is 2.17. The molecule has 0 saturated heterocycles. The molecular formula is C16H15BrClNO. The Kier molecular flexibility index (Phi) is 3.90. The molecule has 2 nitrogen and oxygen atoms in total. The molecule has 0 aromatic heterocycles. The Balaban J connectivity index is 1.82. The summed E-state index contributed by atoms with van der Waals surface area (Å²) in [6.45, 7) is 3.54. The van der Waals surface area contributed by atoms with Gasteiger partial charge in [-0.3, -0.25) is 0 Å². The number of benzene rings is 2. The Bertz CT molecular complexity index is 637. The molecule has 1 heterocycles. The fraction of sp³-hybridized carbons (Fsp3) is 0.250. The van der Waals surface area contributed by atoms with E-state index in [-0.39, 0.29) is 0 Å². The van der Waals surface area contributed by atoms with Crippen molar-refractivity contribution in [2.75, 3.05) is 11.9 Å². The van der Waals surface area contributed by atoms with Crippen molar-refractivity contribution in [3.05, 3.63) is 56.5 Å². The largest absolute Gasteiger partial charge is 0.493 e. The van der Waals surface area contributed by atoms with E-state index in [1.54, 1.807) is 0 Å². The Morgan fingerprint density at radius 3 is 2.90 bits per heavy atom. The highest BCUT2D eigenvalue weighted by molar-refractivity contribution is 9.10. The summed E-state index contributed by atoms with van der Waals surface area (Å²) in [7, 11) is 0. The summed E-state index contributed by atoms with van der Waals surface area (Å²) in [6, 6.07) is 10.3. The lowest BCUT2D eigenvalue weighted by atomic mass is 10.1.